The first-order valence-electron chi connectivity index (χ1n) is 6.43. The van der Waals surface area contributed by atoms with Crippen molar-refractivity contribution in [3.63, 3.8) is 0 Å². The summed E-state index contributed by atoms with van der Waals surface area (Å²) in [5, 5.41) is 2.72. The van der Waals surface area contributed by atoms with Gasteiger partial charge in [0.25, 0.3) is 0 Å². The molecule has 2 fully saturated rings. The predicted molar refractivity (Wildman–Crippen MR) is 71.6 cm³/mol. The van der Waals surface area contributed by atoms with Crippen LogP contribution in [-0.4, -0.2) is 41.2 Å². The molecule has 0 spiro atoms. The van der Waals surface area contributed by atoms with Gasteiger partial charge in [-0.2, -0.15) is 0 Å². The van der Waals surface area contributed by atoms with Crippen molar-refractivity contribution in [2.24, 2.45) is 5.73 Å². The monoisotopic (exact) mass is 289 g/mol. The van der Waals surface area contributed by atoms with Crippen LogP contribution < -0.4 is 11.1 Å². The number of hydrogen-bond acceptors (Lipinski definition) is 4. The first-order chi connectivity index (χ1) is 8.53. The Morgan fingerprint density at radius 2 is 1.74 bits per heavy atom. The van der Waals surface area contributed by atoms with E-state index in [1.807, 2.05) is 0 Å². The highest BCUT2D eigenvalue weighted by Gasteiger charge is 2.37. The zero-order valence-electron chi connectivity index (χ0n) is 10.8. The van der Waals surface area contributed by atoms with Gasteiger partial charge in [0.15, 0.2) is 0 Å². The van der Waals surface area contributed by atoms with E-state index in [9.17, 15) is 14.4 Å². The molecule has 1 aliphatic carbocycles. The van der Waals surface area contributed by atoms with E-state index in [1.165, 1.54) is 4.90 Å². The van der Waals surface area contributed by atoms with E-state index in [-0.39, 0.29) is 56.1 Å². The smallest absolute Gasteiger partial charge is 0.240 e. The fraction of sp³-hybridized carbons (Fsp3) is 0.750. The first-order valence-corrected chi connectivity index (χ1v) is 6.43. The Hall–Kier alpha value is -1.14. The third-order valence-electron chi connectivity index (χ3n) is 3.72. The first kappa shape index (κ1) is 15.9. The molecule has 3 N–H and O–H groups in total. The second kappa shape index (κ2) is 6.34. The highest BCUT2D eigenvalue weighted by atomic mass is 35.5. The van der Waals surface area contributed by atoms with Crippen LogP contribution in [-0.2, 0) is 14.4 Å². The van der Waals surface area contributed by atoms with Crippen LogP contribution in [0.1, 0.15) is 38.5 Å². The van der Waals surface area contributed by atoms with Crippen LogP contribution in [0.5, 0.6) is 0 Å². The number of halogens is 1. The maximum absolute atomic E-state index is 11.9. The standard InChI is InChI=1S/C12H19N3O3.ClH/c13-12(5-1-2-6-12)11(18)14-7-8-15-9(16)3-4-10(15)17;/h1-8,13H2,(H,14,18);1H. The number of rotatable bonds is 4. The average molecular weight is 290 g/mol. The van der Waals surface area contributed by atoms with E-state index >= 15 is 0 Å². The molecule has 1 saturated carbocycles. The van der Waals surface area contributed by atoms with E-state index in [4.69, 9.17) is 5.73 Å². The molecule has 19 heavy (non-hydrogen) atoms. The van der Waals surface area contributed by atoms with Crippen LogP contribution in [0.25, 0.3) is 0 Å². The van der Waals surface area contributed by atoms with Crippen LogP contribution >= 0.6 is 12.4 Å². The minimum absolute atomic E-state index is 0. The van der Waals surface area contributed by atoms with Gasteiger partial charge in [0.05, 0.1) is 5.54 Å². The zero-order valence-corrected chi connectivity index (χ0v) is 11.6. The summed E-state index contributed by atoms with van der Waals surface area (Å²) in [7, 11) is 0. The Bertz CT molecular complexity index is 364. The van der Waals surface area contributed by atoms with E-state index in [1.54, 1.807) is 0 Å². The van der Waals surface area contributed by atoms with Gasteiger partial charge in [-0.05, 0) is 12.8 Å². The Morgan fingerprint density at radius 3 is 2.26 bits per heavy atom. The summed E-state index contributed by atoms with van der Waals surface area (Å²) >= 11 is 0. The Labute approximate surface area is 118 Å². The summed E-state index contributed by atoms with van der Waals surface area (Å²) in [5.41, 5.74) is 5.24. The Balaban J connectivity index is 0.00000180. The number of hydrogen-bond donors (Lipinski definition) is 2. The molecule has 1 aliphatic heterocycles. The van der Waals surface area contributed by atoms with Gasteiger partial charge in [0.2, 0.25) is 17.7 Å². The minimum atomic E-state index is -0.751. The van der Waals surface area contributed by atoms with Crippen LogP contribution in [0.3, 0.4) is 0 Å². The summed E-state index contributed by atoms with van der Waals surface area (Å²) in [6.45, 7) is 0.536. The number of carbonyl (C=O) groups excluding carboxylic acids is 3. The van der Waals surface area contributed by atoms with Gasteiger partial charge >= 0.3 is 0 Å². The molecule has 0 unspecified atom stereocenters. The topological polar surface area (TPSA) is 92.5 Å². The Morgan fingerprint density at radius 1 is 1.21 bits per heavy atom. The van der Waals surface area contributed by atoms with Crippen molar-refractivity contribution in [1.29, 1.82) is 0 Å². The van der Waals surface area contributed by atoms with Gasteiger partial charge in [-0.15, -0.1) is 12.4 Å². The van der Waals surface area contributed by atoms with E-state index < -0.39 is 5.54 Å². The third kappa shape index (κ3) is 3.45. The second-order valence-electron chi connectivity index (χ2n) is 5.06. The lowest BCUT2D eigenvalue weighted by Gasteiger charge is -2.23. The maximum atomic E-state index is 11.9. The van der Waals surface area contributed by atoms with Gasteiger partial charge in [0, 0.05) is 25.9 Å². The molecule has 1 heterocycles. The quantitative estimate of drug-likeness (QED) is 0.710. The van der Waals surface area contributed by atoms with Crippen molar-refractivity contribution in [1.82, 2.24) is 10.2 Å². The maximum Gasteiger partial charge on any atom is 0.240 e. The van der Waals surface area contributed by atoms with E-state index in [2.05, 4.69) is 5.32 Å². The molecule has 0 atom stereocenters. The van der Waals surface area contributed by atoms with Gasteiger partial charge in [0.1, 0.15) is 0 Å². The number of amides is 3. The molecule has 6 nitrogen and oxygen atoms in total. The lowest BCUT2D eigenvalue weighted by atomic mass is 9.98. The van der Waals surface area contributed by atoms with Gasteiger partial charge < -0.3 is 11.1 Å². The van der Waals surface area contributed by atoms with Crippen LogP contribution in [0.15, 0.2) is 0 Å². The number of imide groups is 1. The molecule has 2 rings (SSSR count). The van der Waals surface area contributed by atoms with E-state index in [0.717, 1.165) is 12.8 Å². The lowest BCUT2D eigenvalue weighted by molar-refractivity contribution is -0.138. The van der Waals surface area contributed by atoms with Crippen molar-refractivity contribution in [3.05, 3.63) is 0 Å². The van der Waals surface area contributed by atoms with Gasteiger partial charge in [-0.3, -0.25) is 19.3 Å². The molecule has 0 aromatic heterocycles. The van der Waals surface area contributed by atoms with Crippen molar-refractivity contribution in [2.45, 2.75) is 44.1 Å². The summed E-state index contributed by atoms with van der Waals surface area (Å²) in [5.74, 6) is -0.478. The molecule has 108 valence electrons. The van der Waals surface area contributed by atoms with Crippen molar-refractivity contribution >= 4 is 30.1 Å². The molecule has 0 aromatic rings. The summed E-state index contributed by atoms with van der Waals surface area (Å²) < 4.78 is 0. The molecule has 7 heteroatoms. The molecular formula is C12H20ClN3O3. The number of nitrogens with two attached hydrogens (primary N) is 1. The van der Waals surface area contributed by atoms with Crippen molar-refractivity contribution < 1.29 is 14.4 Å². The number of nitrogens with zero attached hydrogens (tertiary/aromatic N) is 1. The summed E-state index contributed by atoms with van der Waals surface area (Å²) in [4.78, 5) is 35.8. The molecule has 0 radical (unpaired) electrons. The summed E-state index contributed by atoms with van der Waals surface area (Å²) in [6, 6.07) is 0. The molecule has 1 saturated heterocycles. The van der Waals surface area contributed by atoms with Crippen molar-refractivity contribution in [3.8, 4) is 0 Å². The van der Waals surface area contributed by atoms with Crippen molar-refractivity contribution in [2.75, 3.05) is 13.1 Å². The Kier molecular flexibility index (Phi) is 5.31. The lowest BCUT2D eigenvalue weighted by Crippen LogP contribution is -2.53. The number of carbonyl (C=O) groups is 3. The summed E-state index contributed by atoms with van der Waals surface area (Å²) in [6.07, 6.45) is 3.95. The SMILES string of the molecule is Cl.NC1(C(=O)NCCN2C(=O)CCC2=O)CCCC1. The van der Waals surface area contributed by atoms with Crippen LogP contribution in [0.2, 0.25) is 0 Å². The van der Waals surface area contributed by atoms with Crippen LogP contribution in [0.4, 0.5) is 0 Å². The minimum Gasteiger partial charge on any atom is -0.353 e. The zero-order chi connectivity index (χ0) is 13.2. The molecule has 0 aromatic carbocycles. The molecule has 3 amide bonds. The fourth-order valence-electron chi connectivity index (χ4n) is 2.56. The van der Waals surface area contributed by atoms with Crippen LogP contribution in [0, 0.1) is 0 Å². The molecule has 2 aliphatic rings. The van der Waals surface area contributed by atoms with Gasteiger partial charge in [-0.25, -0.2) is 0 Å². The highest BCUT2D eigenvalue weighted by Crippen LogP contribution is 2.27. The second-order valence-corrected chi connectivity index (χ2v) is 5.06. The van der Waals surface area contributed by atoms with E-state index in [0.29, 0.717) is 12.8 Å². The fourth-order valence-corrected chi connectivity index (χ4v) is 2.56. The largest absolute Gasteiger partial charge is 0.353 e. The normalized spacial score (nSPS) is 21.4. The molecular weight excluding hydrogens is 270 g/mol. The number of nitrogens with one attached hydrogen (secondary N) is 1. The van der Waals surface area contributed by atoms with Gasteiger partial charge in [-0.1, -0.05) is 12.8 Å². The average Bonchev–Trinajstić information content (AvgIpc) is 2.90. The third-order valence-corrected chi connectivity index (χ3v) is 3.72. The number of likely N-dealkylation sites (tertiary alicyclic amines) is 1. The molecule has 0 bridgehead atoms. The predicted octanol–water partition coefficient (Wildman–Crippen LogP) is -0.0551. The highest BCUT2D eigenvalue weighted by molar-refractivity contribution is 6.01.